The molecule has 32 heavy (non-hydrogen) atoms. The quantitative estimate of drug-likeness (QED) is 0.652. The summed E-state index contributed by atoms with van der Waals surface area (Å²) < 4.78 is 13.2. The summed E-state index contributed by atoms with van der Waals surface area (Å²) >= 11 is 6.13. The van der Waals surface area contributed by atoms with E-state index in [9.17, 15) is 14.0 Å². The third-order valence-electron chi connectivity index (χ3n) is 5.69. The number of piperazine rings is 1. The van der Waals surface area contributed by atoms with Gasteiger partial charge in [-0.15, -0.1) is 0 Å². The monoisotopic (exact) mass is 460 g/mol. The molecule has 6 nitrogen and oxygen atoms in total. The van der Waals surface area contributed by atoms with Crippen LogP contribution in [0, 0.1) is 5.82 Å². The predicted molar refractivity (Wildman–Crippen MR) is 125 cm³/mol. The van der Waals surface area contributed by atoms with Crippen molar-refractivity contribution < 1.29 is 14.0 Å². The Balaban J connectivity index is 1.48. The minimum atomic E-state index is -0.336. The van der Waals surface area contributed by atoms with Crippen LogP contribution in [0.4, 0.5) is 10.1 Å². The predicted octanol–water partition coefficient (Wildman–Crippen LogP) is 3.72. The molecule has 2 aromatic rings. The van der Waals surface area contributed by atoms with E-state index < -0.39 is 0 Å². The molecule has 0 aliphatic carbocycles. The van der Waals surface area contributed by atoms with Crippen molar-refractivity contribution in [2.45, 2.75) is 20.4 Å². The first-order valence-electron chi connectivity index (χ1n) is 11.0. The molecule has 0 radical (unpaired) electrons. The molecule has 8 heteroatoms. The van der Waals surface area contributed by atoms with Gasteiger partial charge in [0.2, 0.25) is 5.91 Å². The first kappa shape index (κ1) is 24.2. The molecule has 172 valence electrons. The maximum Gasteiger partial charge on any atom is 0.253 e. The van der Waals surface area contributed by atoms with Gasteiger partial charge in [-0.05, 0) is 49.7 Å². The highest BCUT2D eigenvalue weighted by molar-refractivity contribution is 6.31. The summed E-state index contributed by atoms with van der Waals surface area (Å²) in [5.41, 5.74) is 2.09. The van der Waals surface area contributed by atoms with Crippen LogP contribution >= 0.6 is 11.6 Å². The second-order valence-electron chi connectivity index (χ2n) is 7.89. The normalized spacial score (nSPS) is 14.9. The van der Waals surface area contributed by atoms with Crippen molar-refractivity contribution in [1.29, 1.82) is 0 Å². The van der Waals surface area contributed by atoms with E-state index in [1.165, 1.54) is 12.1 Å². The molecule has 2 aromatic carbocycles. The average Bonchev–Trinajstić information content (AvgIpc) is 2.78. The Bertz CT molecular complexity index is 943. The molecule has 0 aromatic heterocycles. The van der Waals surface area contributed by atoms with E-state index in [1.54, 1.807) is 35.2 Å². The Morgan fingerprint density at radius 1 is 1.03 bits per heavy atom. The largest absolute Gasteiger partial charge is 0.339 e. The lowest BCUT2D eigenvalue weighted by molar-refractivity contribution is -0.117. The van der Waals surface area contributed by atoms with Crippen molar-refractivity contribution in [1.82, 2.24) is 14.7 Å². The van der Waals surface area contributed by atoms with E-state index in [2.05, 4.69) is 15.1 Å². The first-order chi connectivity index (χ1) is 15.4. The molecule has 0 bridgehead atoms. The van der Waals surface area contributed by atoms with E-state index in [0.717, 1.165) is 31.7 Å². The molecule has 0 saturated carbocycles. The molecule has 0 spiro atoms. The number of nitrogens with zero attached hydrogens (tertiary/aromatic N) is 3. The van der Waals surface area contributed by atoms with E-state index in [1.807, 2.05) is 13.8 Å². The number of halogens is 2. The number of amides is 2. The van der Waals surface area contributed by atoms with Gasteiger partial charge in [0.15, 0.2) is 0 Å². The van der Waals surface area contributed by atoms with Crippen molar-refractivity contribution in [3.8, 4) is 0 Å². The van der Waals surface area contributed by atoms with Crippen LogP contribution in [0.5, 0.6) is 0 Å². The fourth-order valence-corrected chi connectivity index (χ4v) is 4.05. The molecule has 1 fully saturated rings. The summed E-state index contributed by atoms with van der Waals surface area (Å²) in [5, 5.41) is 3.34. The maximum absolute atomic E-state index is 13.2. The van der Waals surface area contributed by atoms with Gasteiger partial charge in [0.1, 0.15) is 5.82 Å². The molecule has 1 aliphatic rings. The number of benzene rings is 2. The van der Waals surface area contributed by atoms with Crippen molar-refractivity contribution in [2.75, 3.05) is 51.1 Å². The van der Waals surface area contributed by atoms with Crippen molar-refractivity contribution in [3.05, 3.63) is 64.4 Å². The first-order valence-corrected chi connectivity index (χ1v) is 11.3. The summed E-state index contributed by atoms with van der Waals surface area (Å²) in [5.74, 6) is -0.478. The van der Waals surface area contributed by atoms with Gasteiger partial charge in [-0.3, -0.25) is 19.4 Å². The Morgan fingerprint density at radius 2 is 1.72 bits per heavy atom. The maximum atomic E-state index is 13.2. The molecular formula is C24H30ClFN4O2. The van der Waals surface area contributed by atoms with E-state index >= 15 is 0 Å². The van der Waals surface area contributed by atoms with E-state index in [4.69, 9.17) is 11.6 Å². The van der Waals surface area contributed by atoms with Crippen molar-refractivity contribution >= 4 is 29.1 Å². The lowest BCUT2D eigenvalue weighted by atomic mass is 10.1. The lowest BCUT2D eigenvalue weighted by Gasteiger charge is -2.34. The number of hydrogen-bond donors (Lipinski definition) is 1. The highest BCUT2D eigenvalue weighted by atomic mass is 35.5. The lowest BCUT2D eigenvalue weighted by Crippen LogP contribution is -2.48. The summed E-state index contributed by atoms with van der Waals surface area (Å²) in [4.78, 5) is 31.2. The van der Waals surface area contributed by atoms with Gasteiger partial charge in [-0.25, -0.2) is 4.39 Å². The van der Waals surface area contributed by atoms with E-state index in [-0.39, 0.29) is 17.6 Å². The smallest absolute Gasteiger partial charge is 0.253 e. The number of rotatable bonds is 8. The van der Waals surface area contributed by atoms with Crippen LogP contribution in [0.2, 0.25) is 5.02 Å². The number of anilines is 1. The third kappa shape index (κ3) is 6.51. The molecule has 1 aliphatic heterocycles. The summed E-state index contributed by atoms with van der Waals surface area (Å²) in [7, 11) is 0. The van der Waals surface area contributed by atoms with Crippen molar-refractivity contribution in [2.24, 2.45) is 0 Å². The van der Waals surface area contributed by atoms with Crippen LogP contribution in [0.25, 0.3) is 0 Å². The Kier molecular flexibility index (Phi) is 8.61. The van der Waals surface area contributed by atoms with Gasteiger partial charge in [0.05, 0.1) is 6.54 Å². The zero-order valence-electron chi connectivity index (χ0n) is 18.6. The summed E-state index contributed by atoms with van der Waals surface area (Å²) in [6.07, 6.45) is 0. The minimum Gasteiger partial charge on any atom is -0.339 e. The van der Waals surface area contributed by atoms with Crippen LogP contribution in [0.15, 0.2) is 42.5 Å². The van der Waals surface area contributed by atoms with Crippen LogP contribution < -0.4 is 5.32 Å². The van der Waals surface area contributed by atoms with Gasteiger partial charge in [0, 0.05) is 62.1 Å². The second-order valence-corrected chi connectivity index (χ2v) is 8.30. The molecular weight excluding hydrogens is 431 g/mol. The molecule has 3 rings (SSSR count). The van der Waals surface area contributed by atoms with Gasteiger partial charge in [0.25, 0.3) is 5.91 Å². The zero-order valence-corrected chi connectivity index (χ0v) is 19.4. The zero-order chi connectivity index (χ0) is 23.1. The highest BCUT2D eigenvalue weighted by Gasteiger charge is 2.20. The Labute approximate surface area is 193 Å². The molecule has 1 heterocycles. The summed E-state index contributed by atoms with van der Waals surface area (Å²) in [6.45, 7) is 9.24. The topological polar surface area (TPSA) is 55.9 Å². The molecule has 2 amide bonds. The molecule has 1 saturated heterocycles. The second kappa shape index (κ2) is 11.4. The van der Waals surface area contributed by atoms with Gasteiger partial charge in [-0.2, -0.15) is 0 Å². The number of carbonyl (C=O) groups excluding carboxylic acids is 2. The molecule has 1 N–H and O–H groups in total. The average molecular weight is 461 g/mol. The van der Waals surface area contributed by atoms with Crippen molar-refractivity contribution in [3.63, 3.8) is 0 Å². The van der Waals surface area contributed by atoms with Crippen LogP contribution in [0.3, 0.4) is 0 Å². The molecule has 0 atom stereocenters. The fraction of sp³-hybridized carbons (Fsp3) is 0.417. The SMILES string of the molecule is CCN(CC)C(=O)c1cccc(NC(=O)CN2CCN(Cc3ccc(F)cc3Cl)CC2)c1. The number of carbonyl (C=O) groups is 2. The Hall–Kier alpha value is -2.48. The Morgan fingerprint density at radius 3 is 2.38 bits per heavy atom. The van der Waals surface area contributed by atoms with Crippen LogP contribution in [-0.2, 0) is 11.3 Å². The van der Waals surface area contributed by atoms with Gasteiger partial charge >= 0.3 is 0 Å². The van der Waals surface area contributed by atoms with E-state index in [0.29, 0.717) is 42.5 Å². The van der Waals surface area contributed by atoms with Crippen LogP contribution in [-0.4, -0.2) is 72.3 Å². The third-order valence-corrected chi connectivity index (χ3v) is 6.04. The molecule has 0 unspecified atom stereocenters. The minimum absolute atomic E-state index is 0.0384. The number of hydrogen-bond acceptors (Lipinski definition) is 4. The highest BCUT2D eigenvalue weighted by Crippen LogP contribution is 2.20. The van der Waals surface area contributed by atoms with Crippen LogP contribution in [0.1, 0.15) is 29.8 Å². The number of nitrogens with one attached hydrogen (secondary N) is 1. The van der Waals surface area contributed by atoms with Gasteiger partial charge < -0.3 is 10.2 Å². The summed E-state index contributed by atoms with van der Waals surface area (Å²) in [6, 6.07) is 11.5. The van der Waals surface area contributed by atoms with Gasteiger partial charge in [-0.1, -0.05) is 23.7 Å². The standard InChI is InChI=1S/C24H30ClFN4O2/c1-3-30(4-2)24(32)18-6-5-7-21(14-18)27-23(31)17-29-12-10-28(11-13-29)16-19-8-9-20(26)15-22(19)25/h5-9,14-15H,3-4,10-13,16-17H2,1-2H3,(H,27,31). The fourth-order valence-electron chi connectivity index (χ4n) is 3.82.